The number of pyridine rings is 2. The van der Waals surface area contributed by atoms with E-state index in [-0.39, 0.29) is 48.1 Å². The summed E-state index contributed by atoms with van der Waals surface area (Å²) in [5.41, 5.74) is 3.02. The summed E-state index contributed by atoms with van der Waals surface area (Å²) in [4.78, 5) is 39.4. The number of amides is 2. The van der Waals surface area contributed by atoms with Gasteiger partial charge in [0.15, 0.2) is 0 Å². The molecule has 2 aliphatic heterocycles. The Bertz CT molecular complexity index is 1770. The van der Waals surface area contributed by atoms with Gasteiger partial charge in [0.25, 0.3) is 5.91 Å². The van der Waals surface area contributed by atoms with Crippen molar-refractivity contribution in [1.29, 1.82) is 0 Å². The average molecular weight is 613 g/mol. The zero-order chi connectivity index (χ0) is 31.9. The summed E-state index contributed by atoms with van der Waals surface area (Å²) in [5.74, 6) is -0.478. The first kappa shape index (κ1) is 30.2. The van der Waals surface area contributed by atoms with E-state index in [4.69, 9.17) is 9.47 Å². The molecule has 0 saturated carbocycles. The molecule has 232 valence electrons. The molecule has 0 aliphatic carbocycles. The van der Waals surface area contributed by atoms with Crippen LogP contribution in [0.25, 0.3) is 11.3 Å². The number of carbonyl (C=O) groups excluding carboxylic acids is 2. The molecule has 2 aromatic carbocycles. The monoisotopic (exact) mass is 612 g/mol. The highest BCUT2D eigenvalue weighted by molar-refractivity contribution is 6.00. The van der Waals surface area contributed by atoms with Gasteiger partial charge in [0.05, 0.1) is 61.7 Å². The van der Waals surface area contributed by atoms with E-state index in [1.54, 1.807) is 48.4 Å². The van der Waals surface area contributed by atoms with E-state index >= 15 is 0 Å². The molecule has 0 bridgehead atoms. The highest BCUT2D eigenvalue weighted by Crippen LogP contribution is 2.36. The lowest BCUT2D eigenvalue weighted by Crippen LogP contribution is -2.51. The van der Waals surface area contributed by atoms with E-state index < -0.39 is 11.6 Å². The Morgan fingerprint density at radius 2 is 1.71 bits per heavy atom. The van der Waals surface area contributed by atoms with E-state index in [1.165, 1.54) is 18.2 Å². The van der Waals surface area contributed by atoms with Gasteiger partial charge < -0.3 is 19.3 Å². The second kappa shape index (κ2) is 11.9. The minimum atomic E-state index is -0.742. The van der Waals surface area contributed by atoms with Crippen LogP contribution in [0.15, 0.2) is 60.8 Å². The number of nitrogens with zero attached hydrogens (tertiary/aromatic N) is 4. The Morgan fingerprint density at radius 3 is 2.38 bits per heavy atom. The fraction of sp³-hybridized carbons (Fsp3) is 0.314. The molecule has 0 atom stereocenters. The maximum absolute atomic E-state index is 14.9. The minimum Gasteiger partial charge on any atom is -0.497 e. The van der Waals surface area contributed by atoms with E-state index in [9.17, 15) is 18.4 Å². The van der Waals surface area contributed by atoms with Crippen LogP contribution in [0.5, 0.6) is 11.5 Å². The molecule has 2 amide bonds. The van der Waals surface area contributed by atoms with Crippen LogP contribution in [-0.4, -0.2) is 46.4 Å². The normalized spacial score (nSPS) is 15.8. The summed E-state index contributed by atoms with van der Waals surface area (Å²) in [6.45, 7) is 4.47. The molecule has 6 rings (SSSR count). The third-order valence-electron chi connectivity index (χ3n) is 8.56. The van der Waals surface area contributed by atoms with Crippen LogP contribution >= 0.6 is 0 Å². The third-order valence-corrected chi connectivity index (χ3v) is 8.56. The number of methoxy groups -OCH3 is 2. The van der Waals surface area contributed by atoms with E-state index in [0.29, 0.717) is 46.1 Å². The maximum atomic E-state index is 14.9. The highest BCUT2D eigenvalue weighted by Gasteiger charge is 2.36. The number of ether oxygens (including phenoxy) is 2. The predicted octanol–water partition coefficient (Wildman–Crippen LogP) is 6.48. The van der Waals surface area contributed by atoms with Gasteiger partial charge in [-0.1, -0.05) is 6.07 Å². The van der Waals surface area contributed by atoms with E-state index in [2.05, 4.69) is 9.97 Å². The molecule has 8 nitrogen and oxygen atoms in total. The molecule has 4 heterocycles. The fourth-order valence-electron chi connectivity index (χ4n) is 6.34. The number of benzene rings is 2. The van der Waals surface area contributed by atoms with E-state index in [0.717, 1.165) is 18.4 Å². The summed E-state index contributed by atoms with van der Waals surface area (Å²) in [6, 6.07) is 14.3. The summed E-state index contributed by atoms with van der Waals surface area (Å²) >= 11 is 0. The van der Waals surface area contributed by atoms with Gasteiger partial charge in [-0.05, 0) is 74.7 Å². The van der Waals surface area contributed by atoms with E-state index in [1.807, 2.05) is 32.0 Å². The fourth-order valence-corrected chi connectivity index (χ4v) is 6.34. The Labute approximate surface area is 260 Å². The molecule has 0 spiro atoms. The Morgan fingerprint density at radius 1 is 0.933 bits per heavy atom. The minimum absolute atomic E-state index is 0.0588. The Kier molecular flexibility index (Phi) is 7.99. The molecule has 10 heteroatoms. The number of hydrogen-bond acceptors (Lipinski definition) is 6. The lowest BCUT2D eigenvalue weighted by molar-refractivity contribution is -0.121. The molecule has 2 aromatic heterocycles. The summed E-state index contributed by atoms with van der Waals surface area (Å²) in [6.07, 6.45) is 4.12. The van der Waals surface area contributed by atoms with Crippen LogP contribution in [0.4, 0.5) is 14.5 Å². The second-order valence-electron chi connectivity index (χ2n) is 12.0. The second-order valence-corrected chi connectivity index (χ2v) is 12.0. The SMILES string of the molecule is COc1ccc(CN2Cc3nc(-c4c(F)cccc4F)cc(Cc4ccc(N5C(=O)CCCC5(C)C)cn4)c3C2=O)c(OC)c1. The van der Waals surface area contributed by atoms with Crippen LogP contribution in [0, 0.1) is 11.6 Å². The maximum Gasteiger partial charge on any atom is 0.256 e. The molecule has 45 heavy (non-hydrogen) atoms. The van der Waals surface area contributed by atoms with Crippen molar-refractivity contribution in [1.82, 2.24) is 14.9 Å². The number of fused-ring (bicyclic) bond motifs is 1. The van der Waals surface area contributed by atoms with Crippen molar-refractivity contribution in [2.45, 2.75) is 58.2 Å². The van der Waals surface area contributed by atoms with Crippen molar-refractivity contribution in [3.8, 4) is 22.8 Å². The third kappa shape index (κ3) is 5.72. The van der Waals surface area contributed by atoms with Crippen molar-refractivity contribution >= 4 is 17.5 Å². The first-order valence-electron chi connectivity index (χ1n) is 14.8. The number of anilines is 1. The van der Waals surface area contributed by atoms with Gasteiger partial charge in [-0.15, -0.1) is 0 Å². The van der Waals surface area contributed by atoms with Gasteiger partial charge in [-0.25, -0.2) is 13.8 Å². The summed E-state index contributed by atoms with van der Waals surface area (Å²) in [7, 11) is 3.11. The highest BCUT2D eigenvalue weighted by atomic mass is 19.1. The molecule has 0 radical (unpaired) electrons. The van der Waals surface area contributed by atoms with Crippen molar-refractivity contribution in [3.05, 3.63) is 101 Å². The van der Waals surface area contributed by atoms with Crippen LogP contribution in [0.3, 0.4) is 0 Å². The van der Waals surface area contributed by atoms with Gasteiger partial charge in [-0.2, -0.15) is 0 Å². The zero-order valence-electron chi connectivity index (χ0n) is 25.7. The first-order chi connectivity index (χ1) is 21.6. The van der Waals surface area contributed by atoms with Crippen LogP contribution in [0.1, 0.15) is 66.0 Å². The lowest BCUT2D eigenvalue weighted by Gasteiger charge is -2.42. The van der Waals surface area contributed by atoms with Crippen molar-refractivity contribution in [3.63, 3.8) is 0 Å². The smallest absolute Gasteiger partial charge is 0.256 e. The molecule has 2 aliphatic rings. The Hall–Kier alpha value is -4.86. The van der Waals surface area contributed by atoms with Crippen LogP contribution in [0.2, 0.25) is 0 Å². The molecular formula is C35H34F2N4O4. The molecule has 1 fully saturated rings. The number of hydrogen-bond donors (Lipinski definition) is 0. The van der Waals surface area contributed by atoms with Gasteiger partial charge in [0.2, 0.25) is 5.91 Å². The molecule has 4 aromatic rings. The number of piperidine rings is 1. The Balaban J connectivity index is 1.36. The quantitative estimate of drug-likeness (QED) is 0.227. The van der Waals surface area contributed by atoms with Gasteiger partial charge >= 0.3 is 0 Å². The van der Waals surface area contributed by atoms with Gasteiger partial charge in [0.1, 0.15) is 23.1 Å². The number of aromatic nitrogens is 2. The molecular weight excluding hydrogens is 578 g/mol. The summed E-state index contributed by atoms with van der Waals surface area (Å²) in [5, 5.41) is 0. The molecule has 1 saturated heterocycles. The summed E-state index contributed by atoms with van der Waals surface area (Å²) < 4.78 is 40.7. The van der Waals surface area contributed by atoms with Crippen LogP contribution < -0.4 is 14.4 Å². The molecule has 0 N–H and O–H groups in total. The van der Waals surface area contributed by atoms with Gasteiger partial charge in [0, 0.05) is 35.7 Å². The zero-order valence-corrected chi connectivity index (χ0v) is 25.7. The number of carbonyl (C=O) groups is 2. The lowest BCUT2D eigenvalue weighted by atomic mass is 9.89. The van der Waals surface area contributed by atoms with Crippen molar-refractivity contribution in [2.24, 2.45) is 0 Å². The number of halogens is 2. The van der Waals surface area contributed by atoms with Crippen LogP contribution in [-0.2, 0) is 24.3 Å². The topological polar surface area (TPSA) is 84.9 Å². The van der Waals surface area contributed by atoms with Crippen molar-refractivity contribution in [2.75, 3.05) is 19.1 Å². The number of rotatable bonds is 8. The standard InChI is InChI=1S/C35H34F2N4O4/c1-35(2)14-6-9-31(42)41(35)24-12-11-23(38-18-24)15-22-16-28(33-26(36)7-5-8-27(33)37)39-29-20-40(34(43)32(22)29)19-21-10-13-25(44-3)17-30(21)45-4/h5,7-8,10-13,16-18H,6,9,14-15,19-20H2,1-4H3. The van der Waals surface area contributed by atoms with Gasteiger partial charge in [-0.3, -0.25) is 14.6 Å². The first-order valence-corrected chi connectivity index (χ1v) is 14.8. The molecule has 0 unspecified atom stereocenters. The van der Waals surface area contributed by atoms with Crippen molar-refractivity contribution < 1.29 is 27.8 Å². The average Bonchev–Trinajstić information content (AvgIpc) is 3.32. The largest absolute Gasteiger partial charge is 0.497 e. The predicted molar refractivity (Wildman–Crippen MR) is 165 cm³/mol.